The average molecular weight is 211 g/mol. The predicted octanol–water partition coefficient (Wildman–Crippen LogP) is -0.928. The summed E-state index contributed by atoms with van der Waals surface area (Å²) in [5.74, 6) is -0.0660. The van der Waals surface area contributed by atoms with Gasteiger partial charge in [-0.3, -0.25) is 14.5 Å². The molecule has 0 aromatic carbocycles. The lowest BCUT2D eigenvalue weighted by molar-refractivity contribution is -0.125. The Morgan fingerprint density at radius 2 is 2.00 bits per heavy atom. The molecule has 0 aromatic heterocycles. The topological polar surface area (TPSA) is 75.4 Å². The van der Waals surface area contributed by atoms with Crippen molar-refractivity contribution in [2.75, 3.05) is 19.6 Å². The fourth-order valence-corrected chi connectivity index (χ4v) is 2.43. The lowest BCUT2D eigenvalue weighted by Gasteiger charge is -2.33. The average Bonchev–Trinajstić information content (AvgIpc) is 2.65. The Morgan fingerprint density at radius 3 is 2.47 bits per heavy atom. The van der Waals surface area contributed by atoms with Gasteiger partial charge in [0.15, 0.2) is 0 Å². The number of hydrogen-bond acceptors (Lipinski definition) is 3. The van der Waals surface area contributed by atoms with Crippen molar-refractivity contribution in [1.82, 2.24) is 10.2 Å². The van der Waals surface area contributed by atoms with Crippen molar-refractivity contribution in [1.29, 1.82) is 0 Å². The van der Waals surface area contributed by atoms with Crippen LogP contribution in [-0.4, -0.2) is 42.4 Å². The molecule has 0 aromatic rings. The highest BCUT2D eigenvalue weighted by Crippen LogP contribution is 2.21. The first-order valence-electron chi connectivity index (χ1n) is 5.49. The smallest absolute Gasteiger partial charge is 0.237 e. The molecule has 2 heterocycles. The number of piperidine rings is 1. The van der Waals surface area contributed by atoms with Crippen molar-refractivity contribution in [2.45, 2.75) is 25.3 Å². The zero-order valence-electron chi connectivity index (χ0n) is 8.74. The highest BCUT2D eigenvalue weighted by molar-refractivity contribution is 5.83. The highest BCUT2D eigenvalue weighted by atomic mass is 16.2. The molecule has 0 radical (unpaired) electrons. The van der Waals surface area contributed by atoms with Crippen molar-refractivity contribution in [2.24, 2.45) is 11.7 Å². The van der Waals surface area contributed by atoms with E-state index >= 15 is 0 Å². The molecule has 84 valence electrons. The maximum Gasteiger partial charge on any atom is 0.237 e. The zero-order chi connectivity index (χ0) is 10.8. The van der Waals surface area contributed by atoms with Gasteiger partial charge in [-0.05, 0) is 32.4 Å². The first kappa shape index (κ1) is 10.4. The van der Waals surface area contributed by atoms with Crippen molar-refractivity contribution >= 4 is 11.8 Å². The first-order valence-corrected chi connectivity index (χ1v) is 5.49. The van der Waals surface area contributed by atoms with Crippen molar-refractivity contribution in [3.8, 4) is 0 Å². The molecule has 2 rings (SSSR count). The summed E-state index contributed by atoms with van der Waals surface area (Å²) in [6.45, 7) is 2.40. The number of amides is 2. The number of nitrogens with zero attached hydrogens (tertiary/aromatic N) is 1. The monoisotopic (exact) mass is 211 g/mol. The van der Waals surface area contributed by atoms with Gasteiger partial charge in [0.25, 0.3) is 0 Å². The molecule has 2 saturated heterocycles. The Balaban J connectivity index is 1.87. The van der Waals surface area contributed by atoms with Crippen LogP contribution in [0.15, 0.2) is 0 Å². The maximum atomic E-state index is 11.4. The fourth-order valence-electron chi connectivity index (χ4n) is 2.43. The van der Waals surface area contributed by atoms with Gasteiger partial charge in [-0.2, -0.15) is 0 Å². The summed E-state index contributed by atoms with van der Waals surface area (Å²) in [5, 5.41) is 2.83. The van der Waals surface area contributed by atoms with Crippen molar-refractivity contribution in [3.05, 3.63) is 0 Å². The van der Waals surface area contributed by atoms with Gasteiger partial charge in [0.1, 0.15) is 0 Å². The summed E-state index contributed by atoms with van der Waals surface area (Å²) in [6.07, 6.45) is 2.47. The fraction of sp³-hybridized carbons (Fsp3) is 0.800. The van der Waals surface area contributed by atoms with E-state index in [1.165, 1.54) is 0 Å². The van der Waals surface area contributed by atoms with Crippen LogP contribution in [0.4, 0.5) is 0 Å². The molecule has 0 spiro atoms. The van der Waals surface area contributed by atoms with Gasteiger partial charge in [0.2, 0.25) is 11.8 Å². The molecular formula is C10H17N3O2. The van der Waals surface area contributed by atoms with Crippen LogP contribution in [-0.2, 0) is 9.59 Å². The van der Waals surface area contributed by atoms with E-state index in [0.717, 1.165) is 38.9 Å². The predicted molar refractivity (Wildman–Crippen MR) is 54.9 cm³/mol. The third-order valence-corrected chi connectivity index (χ3v) is 3.39. The lowest BCUT2D eigenvalue weighted by Crippen LogP contribution is -2.46. The Bertz CT molecular complexity index is 272. The van der Waals surface area contributed by atoms with Gasteiger partial charge < -0.3 is 11.1 Å². The summed E-state index contributed by atoms with van der Waals surface area (Å²) < 4.78 is 0. The molecule has 5 heteroatoms. The number of primary amides is 1. The Hall–Kier alpha value is -1.10. The van der Waals surface area contributed by atoms with Crippen LogP contribution in [0.5, 0.6) is 0 Å². The van der Waals surface area contributed by atoms with E-state index in [2.05, 4.69) is 10.2 Å². The molecule has 0 aliphatic carbocycles. The standard InChI is InChI=1S/C10H17N3O2/c11-9(14)7-2-5-13(6-3-7)8-1-4-12-10(8)15/h7-8H,1-6H2,(H2,11,14)(H,12,15). The highest BCUT2D eigenvalue weighted by Gasteiger charge is 2.33. The SMILES string of the molecule is NC(=O)C1CCN(C2CCNC2=O)CC1. The Labute approximate surface area is 89.0 Å². The molecule has 2 fully saturated rings. The molecule has 0 bridgehead atoms. The molecule has 15 heavy (non-hydrogen) atoms. The number of nitrogens with one attached hydrogen (secondary N) is 1. The van der Waals surface area contributed by atoms with E-state index < -0.39 is 0 Å². The second-order valence-electron chi connectivity index (χ2n) is 4.31. The van der Waals surface area contributed by atoms with Gasteiger partial charge in [0.05, 0.1) is 6.04 Å². The summed E-state index contributed by atoms with van der Waals surface area (Å²) in [4.78, 5) is 24.6. The second kappa shape index (κ2) is 4.18. The van der Waals surface area contributed by atoms with Crippen LogP contribution in [0.2, 0.25) is 0 Å². The number of nitrogens with two attached hydrogens (primary N) is 1. The van der Waals surface area contributed by atoms with Crippen LogP contribution in [0.1, 0.15) is 19.3 Å². The van der Waals surface area contributed by atoms with Gasteiger partial charge >= 0.3 is 0 Å². The van der Waals surface area contributed by atoms with E-state index in [4.69, 9.17) is 5.73 Å². The zero-order valence-corrected chi connectivity index (χ0v) is 8.74. The lowest BCUT2D eigenvalue weighted by atomic mass is 9.95. The summed E-state index contributed by atoms with van der Waals surface area (Å²) in [6, 6.07) is 0.0267. The minimum absolute atomic E-state index is 0.00529. The van der Waals surface area contributed by atoms with E-state index in [-0.39, 0.29) is 23.8 Å². The van der Waals surface area contributed by atoms with Crippen LogP contribution in [0.3, 0.4) is 0 Å². The molecule has 5 nitrogen and oxygen atoms in total. The normalized spacial score (nSPS) is 29.1. The summed E-state index contributed by atoms with van der Waals surface area (Å²) >= 11 is 0. The molecular weight excluding hydrogens is 194 g/mol. The Morgan fingerprint density at radius 1 is 1.33 bits per heavy atom. The Kier molecular flexibility index (Phi) is 2.90. The number of carbonyl (C=O) groups excluding carboxylic acids is 2. The third-order valence-electron chi connectivity index (χ3n) is 3.39. The number of carbonyl (C=O) groups is 2. The van der Waals surface area contributed by atoms with E-state index in [1.54, 1.807) is 0 Å². The molecule has 1 unspecified atom stereocenters. The molecule has 1 atom stereocenters. The minimum atomic E-state index is -0.203. The van der Waals surface area contributed by atoms with E-state index in [1.807, 2.05) is 0 Å². The number of likely N-dealkylation sites (tertiary alicyclic amines) is 1. The van der Waals surface area contributed by atoms with Crippen LogP contribution in [0.25, 0.3) is 0 Å². The largest absolute Gasteiger partial charge is 0.369 e. The maximum absolute atomic E-state index is 11.4. The summed E-state index contributed by atoms with van der Waals surface area (Å²) in [7, 11) is 0. The van der Waals surface area contributed by atoms with Crippen molar-refractivity contribution in [3.63, 3.8) is 0 Å². The van der Waals surface area contributed by atoms with E-state index in [9.17, 15) is 9.59 Å². The van der Waals surface area contributed by atoms with Crippen molar-refractivity contribution < 1.29 is 9.59 Å². The third kappa shape index (κ3) is 2.12. The van der Waals surface area contributed by atoms with Crippen LogP contribution < -0.4 is 11.1 Å². The first-order chi connectivity index (χ1) is 7.18. The number of rotatable bonds is 2. The quantitative estimate of drug-likeness (QED) is 0.620. The van der Waals surface area contributed by atoms with Crippen LogP contribution >= 0.6 is 0 Å². The molecule has 2 aliphatic rings. The molecule has 0 saturated carbocycles. The molecule has 3 N–H and O–H groups in total. The van der Waals surface area contributed by atoms with Gasteiger partial charge in [-0.1, -0.05) is 0 Å². The van der Waals surface area contributed by atoms with Gasteiger partial charge in [-0.25, -0.2) is 0 Å². The summed E-state index contributed by atoms with van der Waals surface area (Å²) in [5.41, 5.74) is 5.26. The molecule has 2 aliphatic heterocycles. The minimum Gasteiger partial charge on any atom is -0.369 e. The molecule has 2 amide bonds. The number of hydrogen-bond donors (Lipinski definition) is 2. The van der Waals surface area contributed by atoms with E-state index in [0.29, 0.717) is 0 Å². The van der Waals surface area contributed by atoms with Gasteiger partial charge in [-0.15, -0.1) is 0 Å². The van der Waals surface area contributed by atoms with Gasteiger partial charge in [0, 0.05) is 12.5 Å². The van der Waals surface area contributed by atoms with Crippen LogP contribution in [0, 0.1) is 5.92 Å². The second-order valence-corrected chi connectivity index (χ2v) is 4.31.